The van der Waals surface area contributed by atoms with Crippen LogP contribution < -0.4 is 10.2 Å². The fourth-order valence-electron chi connectivity index (χ4n) is 4.10. The Bertz CT molecular complexity index is 1240. The Labute approximate surface area is 186 Å². The van der Waals surface area contributed by atoms with Crippen molar-refractivity contribution in [3.8, 4) is 6.07 Å². The molecule has 1 unspecified atom stereocenters. The SMILES string of the molecule is COC1(C)CN(c2nc3c(C(C)Nc4ccccc4C(=O)O)cc(C)cc3nc2C#N)C1. The third-order valence-corrected chi connectivity index (χ3v) is 5.87. The van der Waals surface area contributed by atoms with Crippen molar-refractivity contribution >= 4 is 28.5 Å². The first-order valence-corrected chi connectivity index (χ1v) is 10.4. The molecule has 4 rings (SSSR count). The molecule has 1 fully saturated rings. The third-order valence-electron chi connectivity index (χ3n) is 5.87. The minimum absolute atomic E-state index is 0.203. The maximum Gasteiger partial charge on any atom is 0.337 e. The molecule has 1 saturated heterocycles. The molecule has 1 atom stereocenters. The second-order valence-corrected chi connectivity index (χ2v) is 8.46. The van der Waals surface area contributed by atoms with Crippen molar-refractivity contribution in [1.29, 1.82) is 5.26 Å². The summed E-state index contributed by atoms with van der Waals surface area (Å²) in [5.41, 5.74) is 3.93. The summed E-state index contributed by atoms with van der Waals surface area (Å²) in [5.74, 6) is -0.452. The Balaban J connectivity index is 1.77. The zero-order chi connectivity index (χ0) is 23.0. The molecule has 8 heteroatoms. The molecule has 32 heavy (non-hydrogen) atoms. The molecule has 0 amide bonds. The molecule has 3 aromatic rings. The van der Waals surface area contributed by atoms with Gasteiger partial charge in [0.15, 0.2) is 11.5 Å². The number of aryl methyl sites for hydroxylation is 1. The van der Waals surface area contributed by atoms with E-state index in [0.29, 0.717) is 35.6 Å². The van der Waals surface area contributed by atoms with E-state index in [4.69, 9.17) is 9.72 Å². The first-order valence-electron chi connectivity index (χ1n) is 10.4. The van der Waals surface area contributed by atoms with Crippen molar-refractivity contribution in [1.82, 2.24) is 9.97 Å². The number of carboxylic acid groups (broad SMARTS) is 1. The predicted octanol–water partition coefficient (Wildman–Crippen LogP) is 3.91. The molecule has 1 aliphatic rings. The number of anilines is 2. The standard InChI is InChI=1S/C24H25N5O3/c1-14-9-17(15(2)26-18-8-6-5-7-16(18)23(30)31)21-19(10-14)27-20(11-25)22(28-21)29-12-24(3,13-29)32-4/h5-10,15,26H,12-13H2,1-4H3,(H,30,31). The van der Waals surface area contributed by atoms with Gasteiger partial charge in [0.05, 0.1) is 41.3 Å². The molecule has 2 heterocycles. The van der Waals surface area contributed by atoms with Gasteiger partial charge in [0.1, 0.15) is 6.07 Å². The Kier molecular flexibility index (Phi) is 5.45. The number of methoxy groups -OCH3 is 1. The smallest absolute Gasteiger partial charge is 0.337 e. The van der Waals surface area contributed by atoms with Gasteiger partial charge in [-0.2, -0.15) is 5.26 Å². The van der Waals surface area contributed by atoms with Gasteiger partial charge in [-0.1, -0.05) is 18.2 Å². The summed E-state index contributed by atoms with van der Waals surface area (Å²) < 4.78 is 5.53. The minimum atomic E-state index is -0.992. The van der Waals surface area contributed by atoms with Gasteiger partial charge in [-0.05, 0) is 44.5 Å². The molecule has 8 nitrogen and oxygen atoms in total. The van der Waals surface area contributed by atoms with Crippen molar-refractivity contribution in [2.45, 2.75) is 32.4 Å². The average molecular weight is 431 g/mol. The zero-order valence-electron chi connectivity index (χ0n) is 18.5. The van der Waals surface area contributed by atoms with Crippen molar-refractivity contribution in [3.05, 3.63) is 58.8 Å². The number of fused-ring (bicyclic) bond motifs is 1. The van der Waals surface area contributed by atoms with E-state index >= 15 is 0 Å². The third kappa shape index (κ3) is 3.83. The number of benzene rings is 2. The Morgan fingerprint density at radius 1 is 1.31 bits per heavy atom. The molecule has 0 bridgehead atoms. The number of carbonyl (C=O) groups is 1. The van der Waals surface area contributed by atoms with Gasteiger partial charge in [0, 0.05) is 18.4 Å². The van der Waals surface area contributed by atoms with E-state index in [-0.39, 0.29) is 22.9 Å². The fraction of sp³-hybridized carbons (Fsp3) is 0.333. The van der Waals surface area contributed by atoms with E-state index in [0.717, 1.165) is 11.1 Å². The maximum atomic E-state index is 11.6. The van der Waals surface area contributed by atoms with E-state index < -0.39 is 5.97 Å². The lowest BCUT2D eigenvalue weighted by Crippen LogP contribution is -2.61. The number of hydrogen-bond acceptors (Lipinski definition) is 7. The number of nitrogens with zero attached hydrogens (tertiary/aromatic N) is 4. The highest BCUT2D eigenvalue weighted by atomic mass is 16.5. The first kappa shape index (κ1) is 21.5. The number of carboxylic acids is 1. The lowest BCUT2D eigenvalue weighted by Gasteiger charge is -2.47. The van der Waals surface area contributed by atoms with Crippen LogP contribution in [0.15, 0.2) is 36.4 Å². The average Bonchev–Trinajstić information content (AvgIpc) is 2.75. The van der Waals surface area contributed by atoms with Crippen LogP contribution in [0.3, 0.4) is 0 Å². The van der Waals surface area contributed by atoms with Gasteiger partial charge in [-0.15, -0.1) is 0 Å². The van der Waals surface area contributed by atoms with Crippen molar-refractivity contribution in [2.24, 2.45) is 0 Å². The number of ether oxygens (including phenoxy) is 1. The molecule has 0 aliphatic carbocycles. The molecule has 2 aromatic carbocycles. The normalized spacial score (nSPS) is 15.7. The molecule has 1 aromatic heterocycles. The number of rotatable bonds is 6. The second kappa shape index (κ2) is 8.09. The van der Waals surface area contributed by atoms with E-state index in [9.17, 15) is 15.2 Å². The summed E-state index contributed by atoms with van der Waals surface area (Å²) in [5, 5.41) is 22.5. The molecule has 0 radical (unpaired) electrons. The minimum Gasteiger partial charge on any atom is -0.478 e. The van der Waals surface area contributed by atoms with Gasteiger partial charge in [0.25, 0.3) is 0 Å². The quantitative estimate of drug-likeness (QED) is 0.604. The van der Waals surface area contributed by atoms with Gasteiger partial charge in [-0.3, -0.25) is 0 Å². The first-order chi connectivity index (χ1) is 15.2. The van der Waals surface area contributed by atoms with Crippen LogP contribution in [-0.4, -0.2) is 46.8 Å². The fourth-order valence-corrected chi connectivity index (χ4v) is 4.10. The molecule has 1 aliphatic heterocycles. The largest absolute Gasteiger partial charge is 0.478 e. The van der Waals surface area contributed by atoms with Crippen LogP contribution in [0.4, 0.5) is 11.5 Å². The Morgan fingerprint density at radius 2 is 2.03 bits per heavy atom. The molecule has 0 saturated carbocycles. The highest BCUT2D eigenvalue weighted by Crippen LogP contribution is 2.34. The second-order valence-electron chi connectivity index (χ2n) is 8.46. The van der Waals surface area contributed by atoms with Crippen LogP contribution >= 0.6 is 0 Å². The van der Waals surface area contributed by atoms with Crippen molar-refractivity contribution < 1.29 is 14.6 Å². The lowest BCUT2D eigenvalue weighted by atomic mass is 9.96. The van der Waals surface area contributed by atoms with Crippen LogP contribution in [0.5, 0.6) is 0 Å². The molecule has 2 N–H and O–H groups in total. The summed E-state index contributed by atoms with van der Waals surface area (Å²) in [7, 11) is 1.68. The van der Waals surface area contributed by atoms with Gasteiger partial charge >= 0.3 is 5.97 Å². The number of aromatic nitrogens is 2. The maximum absolute atomic E-state index is 11.6. The summed E-state index contributed by atoms with van der Waals surface area (Å²) in [6.07, 6.45) is 0. The number of nitriles is 1. The number of para-hydroxylation sites is 1. The van der Waals surface area contributed by atoms with E-state index in [1.165, 1.54) is 0 Å². The van der Waals surface area contributed by atoms with Crippen LogP contribution in [-0.2, 0) is 4.74 Å². The number of aromatic carboxylic acids is 1. The predicted molar refractivity (Wildman–Crippen MR) is 122 cm³/mol. The highest BCUT2D eigenvalue weighted by molar-refractivity contribution is 5.94. The van der Waals surface area contributed by atoms with Gasteiger partial charge in [-0.25, -0.2) is 14.8 Å². The van der Waals surface area contributed by atoms with Crippen molar-refractivity contribution in [3.63, 3.8) is 0 Å². The number of hydrogen-bond donors (Lipinski definition) is 2. The van der Waals surface area contributed by atoms with E-state index in [2.05, 4.69) is 16.4 Å². The van der Waals surface area contributed by atoms with Crippen LogP contribution in [0.1, 0.15) is 47.1 Å². The number of nitrogens with one attached hydrogen (secondary N) is 1. The highest BCUT2D eigenvalue weighted by Gasteiger charge is 2.41. The van der Waals surface area contributed by atoms with Crippen LogP contribution in [0, 0.1) is 18.3 Å². The van der Waals surface area contributed by atoms with Crippen LogP contribution in [0.25, 0.3) is 11.0 Å². The van der Waals surface area contributed by atoms with Crippen LogP contribution in [0.2, 0.25) is 0 Å². The summed E-state index contributed by atoms with van der Waals surface area (Å²) in [4.78, 5) is 23.1. The molecule has 164 valence electrons. The molecule has 0 spiro atoms. The van der Waals surface area contributed by atoms with Gasteiger partial charge < -0.3 is 20.1 Å². The monoisotopic (exact) mass is 431 g/mol. The van der Waals surface area contributed by atoms with E-state index in [1.807, 2.05) is 37.8 Å². The zero-order valence-corrected chi connectivity index (χ0v) is 18.5. The van der Waals surface area contributed by atoms with Gasteiger partial charge in [0.2, 0.25) is 0 Å². The summed E-state index contributed by atoms with van der Waals surface area (Å²) >= 11 is 0. The summed E-state index contributed by atoms with van der Waals surface area (Å²) in [6, 6.07) is 12.7. The summed E-state index contributed by atoms with van der Waals surface area (Å²) in [6.45, 7) is 7.18. The topological polar surface area (TPSA) is 111 Å². The molecular formula is C24H25N5O3. The van der Waals surface area contributed by atoms with Crippen molar-refractivity contribution in [2.75, 3.05) is 30.4 Å². The Morgan fingerprint density at radius 3 is 2.69 bits per heavy atom. The Hall–Kier alpha value is -3.70. The lowest BCUT2D eigenvalue weighted by molar-refractivity contribution is -0.0171. The molecular weight excluding hydrogens is 406 g/mol. The van der Waals surface area contributed by atoms with E-state index in [1.54, 1.807) is 31.4 Å².